The number of carbonyl (C=O) groups is 1. The molecule has 0 bridgehead atoms. The van der Waals surface area contributed by atoms with Crippen molar-refractivity contribution in [3.8, 4) is 23.0 Å². The molecule has 0 unspecified atom stereocenters. The molecule has 8 nitrogen and oxygen atoms in total. The fourth-order valence-electron chi connectivity index (χ4n) is 2.35. The number of ether oxygens (including phenoxy) is 2. The Hall–Kier alpha value is -3.07. The summed E-state index contributed by atoms with van der Waals surface area (Å²) in [5, 5.41) is 7.29. The molecule has 0 fully saturated rings. The minimum Gasteiger partial charge on any atom is -0.454 e. The van der Waals surface area contributed by atoms with Gasteiger partial charge in [0.1, 0.15) is 0 Å². The van der Waals surface area contributed by atoms with E-state index in [1.165, 1.54) is 11.8 Å². The van der Waals surface area contributed by atoms with Crippen LogP contribution < -0.4 is 14.8 Å². The number of benzene rings is 1. The summed E-state index contributed by atoms with van der Waals surface area (Å²) in [6, 6.07) is 8.87. The van der Waals surface area contributed by atoms with Crippen LogP contribution in [0.1, 0.15) is 5.82 Å². The van der Waals surface area contributed by atoms with Crippen molar-refractivity contribution in [2.75, 3.05) is 17.9 Å². The van der Waals surface area contributed by atoms with E-state index in [-0.39, 0.29) is 18.5 Å². The summed E-state index contributed by atoms with van der Waals surface area (Å²) in [5.41, 5.74) is 1.42. The van der Waals surface area contributed by atoms with E-state index in [9.17, 15) is 4.79 Å². The second kappa shape index (κ2) is 7.04. The number of amides is 1. The molecule has 1 N–H and O–H groups in total. The first-order chi connectivity index (χ1) is 12.7. The second-order valence-corrected chi connectivity index (χ2v) is 6.43. The van der Waals surface area contributed by atoms with Crippen molar-refractivity contribution in [1.82, 2.24) is 15.1 Å². The molecular formula is C17H14N4O4S. The zero-order valence-electron chi connectivity index (χ0n) is 13.8. The first kappa shape index (κ1) is 16.4. The smallest absolute Gasteiger partial charge is 0.258 e. The zero-order chi connectivity index (χ0) is 17.9. The van der Waals surface area contributed by atoms with Crippen LogP contribution in [-0.2, 0) is 4.79 Å². The molecule has 3 heterocycles. The maximum Gasteiger partial charge on any atom is 0.258 e. The topological polar surface area (TPSA) is 99.4 Å². The van der Waals surface area contributed by atoms with Crippen molar-refractivity contribution >= 4 is 23.4 Å². The summed E-state index contributed by atoms with van der Waals surface area (Å²) in [6.45, 7) is 1.95. The molecule has 132 valence electrons. The van der Waals surface area contributed by atoms with Crippen LogP contribution in [0.4, 0.5) is 5.69 Å². The first-order valence-electron chi connectivity index (χ1n) is 7.76. The van der Waals surface area contributed by atoms with Gasteiger partial charge in [-0.2, -0.15) is 4.98 Å². The third-order valence-electron chi connectivity index (χ3n) is 3.52. The lowest BCUT2D eigenvalue weighted by atomic mass is 10.3. The summed E-state index contributed by atoms with van der Waals surface area (Å²) in [6.07, 6.45) is 1.65. The van der Waals surface area contributed by atoms with Gasteiger partial charge >= 0.3 is 0 Å². The van der Waals surface area contributed by atoms with Crippen molar-refractivity contribution < 1.29 is 18.8 Å². The predicted molar refractivity (Wildman–Crippen MR) is 94.2 cm³/mol. The van der Waals surface area contributed by atoms with Gasteiger partial charge in [0.15, 0.2) is 17.3 Å². The van der Waals surface area contributed by atoms with Crippen LogP contribution in [0.3, 0.4) is 0 Å². The van der Waals surface area contributed by atoms with E-state index in [4.69, 9.17) is 14.0 Å². The van der Waals surface area contributed by atoms with Crippen LogP contribution in [0.5, 0.6) is 11.5 Å². The fraction of sp³-hybridized carbons (Fsp3) is 0.176. The number of thioether (sulfide) groups is 1. The number of carbonyl (C=O) groups excluding carboxylic acids is 1. The third-order valence-corrected chi connectivity index (χ3v) is 4.44. The number of hydrogen-bond acceptors (Lipinski definition) is 8. The van der Waals surface area contributed by atoms with E-state index in [1.807, 2.05) is 6.07 Å². The number of pyridine rings is 1. The SMILES string of the molecule is Cc1noc(-c2ccnc(SCC(=O)Nc3ccc4c(c3)OCO4)c2)n1. The Morgan fingerprint density at radius 3 is 2.96 bits per heavy atom. The van der Waals surface area contributed by atoms with E-state index in [1.54, 1.807) is 37.4 Å². The van der Waals surface area contributed by atoms with Gasteiger partial charge in [-0.15, -0.1) is 0 Å². The molecule has 1 aliphatic heterocycles. The Kier molecular flexibility index (Phi) is 4.44. The summed E-state index contributed by atoms with van der Waals surface area (Å²) in [5.74, 6) is 2.36. The predicted octanol–water partition coefficient (Wildman–Crippen LogP) is 2.90. The Labute approximate surface area is 152 Å². The molecule has 3 aromatic rings. The van der Waals surface area contributed by atoms with E-state index >= 15 is 0 Å². The average Bonchev–Trinajstić information content (AvgIpc) is 3.28. The van der Waals surface area contributed by atoms with Crippen molar-refractivity contribution in [2.24, 2.45) is 0 Å². The molecule has 9 heteroatoms. The number of anilines is 1. The van der Waals surface area contributed by atoms with E-state index in [2.05, 4.69) is 20.4 Å². The van der Waals surface area contributed by atoms with E-state index < -0.39 is 0 Å². The molecule has 4 rings (SSSR count). The largest absolute Gasteiger partial charge is 0.454 e. The fourth-order valence-corrected chi connectivity index (χ4v) is 3.04. The van der Waals surface area contributed by atoms with Gasteiger partial charge in [-0.3, -0.25) is 4.79 Å². The molecular weight excluding hydrogens is 356 g/mol. The van der Waals surface area contributed by atoms with Gasteiger partial charge in [0.2, 0.25) is 12.7 Å². The highest BCUT2D eigenvalue weighted by Gasteiger charge is 2.14. The van der Waals surface area contributed by atoms with Crippen molar-refractivity contribution in [3.05, 3.63) is 42.4 Å². The lowest BCUT2D eigenvalue weighted by Crippen LogP contribution is -2.14. The Bertz CT molecular complexity index is 959. The molecule has 2 aromatic heterocycles. The van der Waals surface area contributed by atoms with E-state index in [0.717, 1.165) is 5.56 Å². The maximum absolute atomic E-state index is 12.2. The molecule has 0 spiro atoms. The number of aryl methyl sites for hydroxylation is 1. The van der Waals surface area contributed by atoms with Gasteiger partial charge in [-0.25, -0.2) is 4.98 Å². The summed E-state index contributed by atoms with van der Waals surface area (Å²) in [4.78, 5) is 20.6. The third kappa shape index (κ3) is 3.62. The van der Waals surface area contributed by atoms with Gasteiger partial charge in [0.05, 0.1) is 10.8 Å². The highest BCUT2D eigenvalue weighted by atomic mass is 32.2. The van der Waals surface area contributed by atoms with Gasteiger partial charge in [0.25, 0.3) is 5.89 Å². The number of fused-ring (bicyclic) bond motifs is 1. The van der Waals surface area contributed by atoms with Crippen molar-refractivity contribution in [3.63, 3.8) is 0 Å². The molecule has 1 aromatic carbocycles. The highest BCUT2D eigenvalue weighted by Crippen LogP contribution is 2.34. The number of nitrogens with zero attached hydrogens (tertiary/aromatic N) is 3. The Balaban J connectivity index is 1.37. The van der Waals surface area contributed by atoms with Crippen LogP contribution in [0.2, 0.25) is 0 Å². The number of aromatic nitrogens is 3. The molecule has 0 aliphatic carbocycles. The monoisotopic (exact) mass is 370 g/mol. The van der Waals surface area contributed by atoms with Gasteiger partial charge in [0, 0.05) is 23.5 Å². The molecule has 1 aliphatic rings. The first-order valence-corrected chi connectivity index (χ1v) is 8.75. The minimum absolute atomic E-state index is 0.144. The summed E-state index contributed by atoms with van der Waals surface area (Å²) >= 11 is 1.32. The van der Waals surface area contributed by atoms with E-state index in [0.29, 0.717) is 33.9 Å². The van der Waals surface area contributed by atoms with Crippen molar-refractivity contribution in [1.29, 1.82) is 0 Å². The highest BCUT2D eigenvalue weighted by molar-refractivity contribution is 7.99. The van der Waals surface area contributed by atoms with Gasteiger partial charge in [-0.05, 0) is 31.2 Å². The van der Waals surface area contributed by atoms with Crippen LogP contribution in [0.15, 0.2) is 46.1 Å². The molecule has 0 radical (unpaired) electrons. The molecule has 26 heavy (non-hydrogen) atoms. The zero-order valence-corrected chi connectivity index (χ0v) is 14.6. The van der Waals surface area contributed by atoms with Crippen LogP contribution in [0.25, 0.3) is 11.5 Å². The summed E-state index contributed by atoms with van der Waals surface area (Å²) < 4.78 is 15.7. The van der Waals surface area contributed by atoms with Crippen LogP contribution in [0, 0.1) is 6.92 Å². The van der Waals surface area contributed by atoms with Crippen LogP contribution >= 0.6 is 11.8 Å². The number of nitrogens with one attached hydrogen (secondary N) is 1. The molecule has 0 atom stereocenters. The lowest BCUT2D eigenvalue weighted by Gasteiger charge is -2.06. The Morgan fingerprint density at radius 2 is 2.12 bits per heavy atom. The van der Waals surface area contributed by atoms with Crippen LogP contribution in [-0.4, -0.2) is 33.6 Å². The number of hydrogen-bond donors (Lipinski definition) is 1. The second-order valence-electron chi connectivity index (χ2n) is 5.43. The standard InChI is InChI=1S/C17H14N4O4S/c1-10-19-17(25-21-10)11-4-5-18-16(6-11)26-8-15(22)20-12-2-3-13-14(7-12)24-9-23-13/h2-7H,8-9H2,1H3,(H,20,22). The average molecular weight is 370 g/mol. The minimum atomic E-state index is -0.144. The van der Waals surface area contributed by atoms with Crippen molar-refractivity contribution in [2.45, 2.75) is 11.9 Å². The normalized spacial score (nSPS) is 12.2. The molecule has 0 saturated carbocycles. The maximum atomic E-state index is 12.2. The number of rotatable bonds is 5. The Morgan fingerprint density at radius 1 is 1.23 bits per heavy atom. The van der Waals surface area contributed by atoms with Gasteiger partial charge in [-0.1, -0.05) is 16.9 Å². The quantitative estimate of drug-likeness (QED) is 0.685. The molecule has 1 amide bonds. The van der Waals surface area contributed by atoms with Gasteiger partial charge < -0.3 is 19.3 Å². The summed E-state index contributed by atoms with van der Waals surface area (Å²) in [7, 11) is 0. The lowest BCUT2D eigenvalue weighted by molar-refractivity contribution is -0.113. The molecule has 0 saturated heterocycles.